The molecule has 14 heavy (non-hydrogen) atoms. The summed E-state index contributed by atoms with van der Waals surface area (Å²) in [6.45, 7) is 4.11. The van der Waals surface area contributed by atoms with E-state index in [0.717, 1.165) is 10.8 Å². The summed E-state index contributed by atoms with van der Waals surface area (Å²) in [6.07, 6.45) is 4.21. The fourth-order valence-electron chi connectivity index (χ4n) is 1.37. The molecule has 3 nitrogen and oxygen atoms in total. The molecule has 0 aliphatic heterocycles. The molecule has 0 bridgehead atoms. The zero-order valence-electron chi connectivity index (χ0n) is 8.53. The van der Waals surface area contributed by atoms with E-state index < -0.39 is 0 Å². The Hall–Kier alpha value is -0.900. The van der Waals surface area contributed by atoms with E-state index in [0.29, 0.717) is 5.92 Å². The largest absolute Gasteiger partial charge is 0.387 e. The van der Waals surface area contributed by atoms with Crippen LogP contribution >= 0.6 is 11.3 Å². The third-order valence-electron chi connectivity index (χ3n) is 2.36. The summed E-state index contributed by atoms with van der Waals surface area (Å²) in [5, 5.41) is 3.00. The number of thiazole rings is 1. The molecule has 0 amide bonds. The van der Waals surface area contributed by atoms with Crippen LogP contribution in [-0.4, -0.2) is 10.8 Å². The minimum Gasteiger partial charge on any atom is -0.387 e. The Morgan fingerprint density at radius 3 is 2.86 bits per heavy atom. The van der Waals surface area contributed by atoms with E-state index >= 15 is 0 Å². The molecule has 0 aromatic carbocycles. The maximum absolute atomic E-state index is 5.90. The first kappa shape index (κ1) is 9.65. The summed E-state index contributed by atoms with van der Waals surface area (Å²) >= 11 is 1.63. The van der Waals surface area contributed by atoms with E-state index in [-0.39, 0.29) is 5.54 Å². The van der Waals surface area contributed by atoms with E-state index in [1.54, 1.807) is 11.3 Å². The van der Waals surface area contributed by atoms with Crippen molar-refractivity contribution in [3.05, 3.63) is 16.6 Å². The number of nitrogens with two attached hydrogens (primary N) is 1. The second-order valence-corrected chi connectivity index (χ2v) is 5.10. The Labute approximate surface area is 88.1 Å². The van der Waals surface area contributed by atoms with Gasteiger partial charge in [0.1, 0.15) is 10.5 Å². The van der Waals surface area contributed by atoms with Crippen LogP contribution in [0.4, 0.5) is 0 Å². The summed E-state index contributed by atoms with van der Waals surface area (Å²) < 4.78 is 0. The number of amidine groups is 1. The van der Waals surface area contributed by atoms with Crippen LogP contribution in [0.15, 0.2) is 16.6 Å². The van der Waals surface area contributed by atoms with Gasteiger partial charge in [-0.15, -0.1) is 11.3 Å². The van der Waals surface area contributed by atoms with Gasteiger partial charge in [0.15, 0.2) is 0 Å². The van der Waals surface area contributed by atoms with E-state index in [1.807, 2.05) is 11.6 Å². The lowest BCUT2D eigenvalue weighted by molar-refractivity contribution is 0.550. The highest BCUT2D eigenvalue weighted by molar-refractivity contribution is 7.09. The SMILES string of the molecule is CC(C)(N=C(N)C1CC1)c1nccs1. The molecule has 1 heterocycles. The molecule has 2 rings (SSSR count). The molecule has 0 spiro atoms. The summed E-state index contributed by atoms with van der Waals surface area (Å²) in [4.78, 5) is 8.83. The average Bonchev–Trinajstić information content (AvgIpc) is 2.80. The predicted octanol–water partition coefficient (Wildman–Crippen LogP) is 2.15. The van der Waals surface area contributed by atoms with Gasteiger partial charge in [-0.05, 0) is 26.7 Å². The average molecular weight is 209 g/mol. The third kappa shape index (κ3) is 1.95. The molecule has 1 saturated carbocycles. The Balaban J connectivity index is 2.19. The maximum atomic E-state index is 5.90. The lowest BCUT2D eigenvalue weighted by Crippen LogP contribution is -2.23. The molecule has 1 aliphatic carbocycles. The summed E-state index contributed by atoms with van der Waals surface area (Å²) in [6, 6.07) is 0. The van der Waals surface area contributed by atoms with Gasteiger partial charge in [-0.1, -0.05) is 0 Å². The maximum Gasteiger partial charge on any atom is 0.120 e. The van der Waals surface area contributed by atoms with Crippen molar-refractivity contribution in [2.24, 2.45) is 16.6 Å². The molecule has 0 radical (unpaired) electrons. The molecule has 1 aromatic rings. The van der Waals surface area contributed by atoms with Gasteiger partial charge in [0.25, 0.3) is 0 Å². The zero-order chi connectivity index (χ0) is 10.2. The number of aliphatic imine (C=N–C) groups is 1. The van der Waals surface area contributed by atoms with Crippen molar-refractivity contribution < 1.29 is 0 Å². The van der Waals surface area contributed by atoms with Gasteiger partial charge in [0.05, 0.1) is 5.84 Å². The quantitative estimate of drug-likeness (QED) is 0.612. The van der Waals surface area contributed by atoms with Gasteiger partial charge in [0, 0.05) is 17.5 Å². The zero-order valence-corrected chi connectivity index (χ0v) is 9.34. The van der Waals surface area contributed by atoms with Gasteiger partial charge in [-0.25, -0.2) is 4.98 Å². The number of nitrogens with zero attached hydrogens (tertiary/aromatic N) is 2. The fraction of sp³-hybridized carbons (Fsp3) is 0.600. The van der Waals surface area contributed by atoms with Gasteiger partial charge in [-0.2, -0.15) is 0 Å². The molecule has 1 aliphatic rings. The van der Waals surface area contributed by atoms with Crippen molar-refractivity contribution in [1.82, 2.24) is 4.98 Å². The van der Waals surface area contributed by atoms with Crippen LogP contribution < -0.4 is 5.73 Å². The normalized spacial score (nSPS) is 18.6. The minimum absolute atomic E-state index is 0.263. The summed E-state index contributed by atoms with van der Waals surface area (Å²) in [5.74, 6) is 1.33. The lowest BCUT2D eigenvalue weighted by Gasteiger charge is -2.17. The van der Waals surface area contributed by atoms with E-state index in [2.05, 4.69) is 23.8 Å². The van der Waals surface area contributed by atoms with Crippen molar-refractivity contribution in [3.63, 3.8) is 0 Å². The van der Waals surface area contributed by atoms with Crippen molar-refractivity contribution in [2.45, 2.75) is 32.2 Å². The van der Waals surface area contributed by atoms with Crippen LogP contribution in [0.25, 0.3) is 0 Å². The molecule has 76 valence electrons. The summed E-state index contributed by atoms with van der Waals surface area (Å²) in [5.41, 5.74) is 5.63. The second-order valence-electron chi connectivity index (χ2n) is 4.21. The highest BCUT2D eigenvalue weighted by Crippen LogP contribution is 2.32. The molecule has 0 unspecified atom stereocenters. The Morgan fingerprint density at radius 1 is 1.64 bits per heavy atom. The summed E-state index contributed by atoms with van der Waals surface area (Å²) in [7, 11) is 0. The van der Waals surface area contributed by atoms with Crippen LogP contribution in [-0.2, 0) is 5.54 Å². The highest BCUT2D eigenvalue weighted by Gasteiger charge is 2.29. The number of rotatable bonds is 3. The molecule has 0 atom stereocenters. The van der Waals surface area contributed by atoms with Gasteiger partial charge >= 0.3 is 0 Å². The number of hydrogen-bond acceptors (Lipinski definition) is 3. The number of aromatic nitrogens is 1. The van der Waals surface area contributed by atoms with Gasteiger partial charge in [0.2, 0.25) is 0 Å². The Morgan fingerprint density at radius 2 is 2.36 bits per heavy atom. The number of hydrogen-bond donors (Lipinski definition) is 1. The molecule has 1 aromatic heterocycles. The second kappa shape index (κ2) is 3.35. The van der Waals surface area contributed by atoms with Crippen LogP contribution in [0.5, 0.6) is 0 Å². The van der Waals surface area contributed by atoms with Crippen LogP contribution in [0.1, 0.15) is 31.7 Å². The van der Waals surface area contributed by atoms with Gasteiger partial charge in [-0.3, -0.25) is 4.99 Å². The first-order valence-corrected chi connectivity index (χ1v) is 5.73. The van der Waals surface area contributed by atoms with E-state index in [9.17, 15) is 0 Å². The standard InChI is InChI=1S/C10H15N3S/c1-10(2,9-12-5-6-14-9)13-8(11)7-3-4-7/h5-7H,3-4H2,1-2H3,(H2,11,13). The first-order chi connectivity index (χ1) is 6.59. The van der Waals surface area contributed by atoms with Crippen LogP contribution in [0, 0.1) is 5.92 Å². The monoisotopic (exact) mass is 209 g/mol. The molecule has 0 saturated heterocycles. The Bertz CT molecular complexity index is 336. The minimum atomic E-state index is -0.263. The molecule has 2 N–H and O–H groups in total. The van der Waals surface area contributed by atoms with E-state index in [1.165, 1.54) is 12.8 Å². The smallest absolute Gasteiger partial charge is 0.120 e. The topological polar surface area (TPSA) is 51.3 Å². The molecular formula is C10H15N3S. The van der Waals surface area contributed by atoms with Crippen molar-refractivity contribution in [3.8, 4) is 0 Å². The third-order valence-corrected chi connectivity index (χ3v) is 3.45. The highest BCUT2D eigenvalue weighted by atomic mass is 32.1. The van der Waals surface area contributed by atoms with Crippen molar-refractivity contribution in [1.29, 1.82) is 0 Å². The lowest BCUT2D eigenvalue weighted by atomic mass is 10.1. The fourth-order valence-corrected chi connectivity index (χ4v) is 2.07. The van der Waals surface area contributed by atoms with E-state index in [4.69, 9.17) is 5.73 Å². The van der Waals surface area contributed by atoms with Crippen molar-refractivity contribution >= 4 is 17.2 Å². The molecule has 1 fully saturated rings. The predicted molar refractivity (Wildman–Crippen MR) is 59.5 cm³/mol. The molecule has 4 heteroatoms. The Kier molecular flexibility index (Phi) is 2.31. The van der Waals surface area contributed by atoms with Crippen LogP contribution in [0.3, 0.4) is 0 Å². The first-order valence-electron chi connectivity index (χ1n) is 4.85. The van der Waals surface area contributed by atoms with Gasteiger partial charge < -0.3 is 5.73 Å². The van der Waals surface area contributed by atoms with Crippen LogP contribution in [0.2, 0.25) is 0 Å². The molecular weight excluding hydrogens is 194 g/mol. The van der Waals surface area contributed by atoms with Crippen molar-refractivity contribution in [2.75, 3.05) is 0 Å².